The second kappa shape index (κ2) is 4.64. The minimum absolute atomic E-state index is 0.990. The molecule has 0 atom stereocenters. The Kier molecular flexibility index (Phi) is 2.58. The summed E-state index contributed by atoms with van der Waals surface area (Å²) in [6.07, 6.45) is 5.63. The highest BCUT2D eigenvalue weighted by Crippen LogP contribution is 2.39. The summed E-state index contributed by atoms with van der Waals surface area (Å²) in [7, 11) is 2.09. The molecule has 0 N–H and O–H groups in total. The molecule has 3 aromatic heterocycles. The minimum atomic E-state index is 0.990. The minimum Gasteiger partial charge on any atom is -0.350 e. The fraction of sp³-hybridized carbons (Fsp3) is 0.0526. The number of hydrogen-bond donors (Lipinski definition) is 0. The van der Waals surface area contributed by atoms with Gasteiger partial charge < -0.3 is 4.57 Å². The lowest BCUT2D eigenvalue weighted by molar-refractivity contribution is 0.970. The Labute approximate surface area is 136 Å². The molecule has 0 amide bonds. The maximum absolute atomic E-state index is 4.47. The summed E-state index contributed by atoms with van der Waals surface area (Å²) in [4.78, 5) is 8.67. The zero-order valence-electron chi connectivity index (χ0n) is 12.5. The average Bonchev–Trinajstić information content (AvgIpc) is 3.19. The number of aryl methyl sites for hydroxylation is 1. The van der Waals surface area contributed by atoms with Crippen LogP contribution in [0.5, 0.6) is 0 Å². The van der Waals surface area contributed by atoms with Gasteiger partial charge in [-0.2, -0.15) is 0 Å². The van der Waals surface area contributed by atoms with Crippen LogP contribution in [0.4, 0.5) is 0 Å². The van der Waals surface area contributed by atoms with Gasteiger partial charge in [0.05, 0.1) is 11.0 Å². The van der Waals surface area contributed by atoms with Gasteiger partial charge in [-0.1, -0.05) is 18.2 Å². The second-order valence-corrected chi connectivity index (χ2v) is 6.63. The first-order valence-electron chi connectivity index (χ1n) is 7.47. The van der Waals surface area contributed by atoms with Crippen molar-refractivity contribution in [2.45, 2.75) is 0 Å². The number of rotatable bonds is 1. The normalized spacial score (nSPS) is 11.7. The fourth-order valence-corrected chi connectivity index (χ4v) is 4.30. The van der Waals surface area contributed by atoms with Gasteiger partial charge in [-0.05, 0) is 23.6 Å². The van der Waals surface area contributed by atoms with Crippen molar-refractivity contribution in [3.63, 3.8) is 0 Å². The molecule has 0 aliphatic carbocycles. The van der Waals surface area contributed by atoms with Gasteiger partial charge in [0.25, 0.3) is 0 Å². The number of nitrogens with zero attached hydrogens (tertiary/aromatic N) is 3. The smallest absolute Gasteiger partial charge is 0.116 e. The molecule has 0 saturated heterocycles. The molecule has 2 aromatic carbocycles. The fourth-order valence-electron chi connectivity index (χ4n) is 3.34. The van der Waals surface area contributed by atoms with E-state index in [0.717, 1.165) is 10.9 Å². The van der Waals surface area contributed by atoms with Crippen molar-refractivity contribution in [3.05, 3.63) is 60.5 Å². The molecule has 4 heteroatoms. The van der Waals surface area contributed by atoms with Crippen LogP contribution in [0, 0.1) is 0 Å². The third-order valence-corrected chi connectivity index (χ3v) is 5.38. The topological polar surface area (TPSA) is 30.7 Å². The van der Waals surface area contributed by atoms with Gasteiger partial charge in [0.15, 0.2) is 0 Å². The molecule has 3 nitrogen and oxygen atoms in total. The first-order valence-corrected chi connectivity index (χ1v) is 8.35. The van der Waals surface area contributed by atoms with Crippen molar-refractivity contribution >= 4 is 43.2 Å². The third kappa shape index (κ3) is 1.75. The zero-order valence-corrected chi connectivity index (χ0v) is 13.3. The summed E-state index contributed by atoms with van der Waals surface area (Å²) < 4.78 is 3.50. The molecule has 3 heterocycles. The van der Waals surface area contributed by atoms with Crippen molar-refractivity contribution < 1.29 is 0 Å². The van der Waals surface area contributed by atoms with Crippen molar-refractivity contribution in [1.29, 1.82) is 0 Å². The van der Waals surface area contributed by atoms with Gasteiger partial charge in [-0.15, -0.1) is 11.3 Å². The number of hydrogen-bond acceptors (Lipinski definition) is 3. The SMILES string of the molecule is Cn1ccc2c3cncnc3cc(-c3csc4ccccc34)c21. The largest absolute Gasteiger partial charge is 0.350 e. The van der Waals surface area contributed by atoms with Crippen molar-refractivity contribution in [3.8, 4) is 11.1 Å². The van der Waals surface area contributed by atoms with Crippen molar-refractivity contribution in [2.24, 2.45) is 7.05 Å². The maximum Gasteiger partial charge on any atom is 0.116 e. The number of thiophene rings is 1. The lowest BCUT2D eigenvalue weighted by Crippen LogP contribution is -1.90. The van der Waals surface area contributed by atoms with E-state index in [2.05, 4.69) is 69.6 Å². The molecule has 0 spiro atoms. The van der Waals surface area contributed by atoms with E-state index < -0.39 is 0 Å². The van der Waals surface area contributed by atoms with Crippen LogP contribution >= 0.6 is 11.3 Å². The molecule has 0 saturated carbocycles. The van der Waals surface area contributed by atoms with E-state index in [1.165, 1.54) is 32.1 Å². The highest BCUT2D eigenvalue weighted by atomic mass is 32.1. The quantitative estimate of drug-likeness (QED) is 0.435. The Morgan fingerprint density at radius 2 is 1.91 bits per heavy atom. The van der Waals surface area contributed by atoms with Gasteiger partial charge in [0.1, 0.15) is 6.33 Å². The van der Waals surface area contributed by atoms with Crippen LogP contribution < -0.4 is 0 Å². The highest BCUT2D eigenvalue weighted by Gasteiger charge is 2.15. The summed E-state index contributed by atoms with van der Waals surface area (Å²) in [6, 6.07) is 12.9. The Balaban J connectivity index is 1.98. The molecule has 0 unspecified atom stereocenters. The van der Waals surface area contributed by atoms with E-state index >= 15 is 0 Å². The van der Waals surface area contributed by atoms with Gasteiger partial charge in [0.2, 0.25) is 0 Å². The predicted molar refractivity (Wildman–Crippen MR) is 96.8 cm³/mol. The van der Waals surface area contributed by atoms with Crippen molar-refractivity contribution in [1.82, 2.24) is 14.5 Å². The molecule has 5 rings (SSSR count). The van der Waals surface area contributed by atoms with E-state index in [-0.39, 0.29) is 0 Å². The van der Waals surface area contributed by atoms with Gasteiger partial charge in [-0.3, -0.25) is 0 Å². The average molecular weight is 315 g/mol. The number of fused-ring (bicyclic) bond motifs is 4. The lowest BCUT2D eigenvalue weighted by atomic mass is 10.00. The van der Waals surface area contributed by atoms with Crippen LogP contribution in [-0.2, 0) is 7.05 Å². The van der Waals surface area contributed by atoms with Crippen LogP contribution in [0.25, 0.3) is 43.0 Å². The van der Waals surface area contributed by atoms with Crippen LogP contribution in [0.1, 0.15) is 0 Å². The summed E-state index contributed by atoms with van der Waals surface area (Å²) in [5.74, 6) is 0. The highest BCUT2D eigenvalue weighted by molar-refractivity contribution is 7.17. The molecule has 0 aliphatic rings. The first kappa shape index (κ1) is 12.8. The molecular weight excluding hydrogens is 302 g/mol. The van der Waals surface area contributed by atoms with Gasteiger partial charge in [0, 0.05) is 51.4 Å². The monoisotopic (exact) mass is 315 g/mol. The zero-order chi connectivity index (χ0) is 15.4. The molecular formula is C19H13N3S. The van der Waals surface area contributed by atoms with Crippen LogP contribution in [0.15, 0.2) is 60.5 Å². The standard InChI is InChI=1S/C19H13N3S/c1-22-7-6-13-15-9-20-11-21-17(15)8-14(19(13)22)16-10-23-18-5-3-2-4-12(16)18/h2-11H,1H3. The van der Waals surface area contributed by atoms with E-state index in [1.54, 1.807) is 17.7 Å². The lowest BCUT2D eigenvalue weighted by Gasteiger charge is -2.08. The van der Waals surface area contributed by atoms with E-state index in [1.807, 2.05) is 6.20 Å². The maximum atomic E-state index is 4.47. The second-order valence-electron chi connectivity index (χ2n) is 5.71. The summed E-state index contributed by atoms with van der Waals surface area (Å²) in [6.45, 7) is 0. The Hall–Kier alpha value is -2.72. The summed E-state index contributed by atoms with van der Waals surface area (Å²) >= 11 is 1.79. The number of benzene rings is 2. The van der Waals surface area contributed by atoms with Gasteiger partial charge in [-0.25, -0.2) is 9.97 Å². The van der Waals surface area contributed by atoms with E-state index in [0.29, 0.717) is 0 Å². The molecule has 0 radical (unpaired) electrons. The Morgan fingerprint density at radius 1 is 1.00 bits per heavy atom. The molecule has 0 bridgehead atoms. The summed E-state index contributed by atoms with van der Waals surface area (Å²) in [5, 5.41) is 5.86. The predicted octanol–water partition coefficient (Wildman–Crippen LogP) is 5.00. The molecule has 23 heavy (non-hydrogen) atoms. The van der Waals surface area contributed by atoms with Crippen LogP contribution in [-0.4, -0.2) is 14.5 Å². The van der Waals surface area contributed by atoms with Crippen molar-refractivity contribution in [2.75, 3.05) is 0 Å². The van der Waals surface area contributed by atoms with Gasteiger partial charge >= 0.3 is 0 Å². The molecule has 0 fully saturated rings. The van der Waals surface area contributed by atoms with Crippen LogP contribution in [0.3, 0.4) is 0 Å². The Morgan fingerprint density at radius 3 is 2.87 bits per heavy atom. The molecule has 5 aromatic rings. The molecule has 110 valence electrons. The Bertz CT molecular complexity index is 1180. The third-order valence-electron chi connectivity index (χ3n) is 4.41. The van der Waals surface area contributed by atoms with Crippen LogP contribution in [0.2, 0.25) is 0 Å². The number of aromatic nitrogens is 3. The first-order chi connectivity index (χ1) is 11.3. The van der Waals surface area contributed by atoms with E-state index in [4.69, 9.17) is 0 Å². The molecule has 0 aliphatic heterocycles. The van der Waals surface area contributed by atoms with E-state index in [9.17, 15) is 0 Å². The summed E-state index contributed by atoms with van der Waals surface area (Å²) in [5.41, 5.74) is 4.73.